The van der Waals surface area contributed by atoms with Gasteiger partial charge < -0.3 is 15.4 Å². The summed E-state index contributed by atoms with van der Waals surface area (Å²) in [6.07, 6.45) is 1.19. The van der Waals surface area contributed by atoms with Crippen LogP contribution < -0.4 is 10.6 Å². The first-order valence-electron chi connectivity index (χ1n) is 12.4. The largest absolute Gasteiger partial charge is 0.416 e. The molecule has 1 saturated heterocycles. The molecule has 4 rings (SSSR count). The van der Waals surface area contributed by atoms with Gasteiger partial charge in [-0.25, -0.2) is 0 Å². The minimum absolute atomic E-state index is 0.147. The predicted molar refractivity (Wildman–Crippen MR) is 129 cm³/mol. The van der Waals surface area contributed by atoms with Crippen LogP contribution in [0.5, 0.6) is 0 Å². The Balaban J connectivity index is 1.34. The SMILES string of the molecule is O=C(CNC(=O)c1cccc(C(F)(F)F)c1)N[C@H]1CN(C2CCCCC2)CC1OCc1ccccc1. The predicted octanol–water partition coefficient (Wildman–Crippen LogP) is 4.15. The topological polar surface area (TPSA) is 70.7 Å². The molecule has 1 unspecified atom stereocenters. The van der Waals surface area contributed by atoms with Crippen LogP contribution in [-0.4, -0.2) is 54.5 Å². The van der Waals surface area contributed by atoms with Crippen molar-refractivity contribution in [1.29, 1.82) is 0 Å². The van der Waals surface area contributed by atoms with Crippen molar-refractivity contribution in [3.63, 3.8) is 0 Å². The second kappa shape index (κ2) is 11.9. The summed E-state index contributed by atoms with van der Waals surface area (Å²) < 4.78 is 45.0. The molecule has 1 aliphatic heterocycles. The number of ether oxygens (including phenoxy) is 1. The van der Waals surface area contributed by atoms with Gasteiger partial charge in [0.25, 0.3) is 5.91 Å². The van der Waals surface area contributed by atoms with Gasteiger partial charge in [0.05, 0.1) is 30.9 Å². The summed E-state index contributed by atoms with van der Waals surface area (Å²) >= 11 is 0. The highest BCUT2D eigenvalue weighted by Crippen LogP contribution is 2.30. The van der Waals surface area contributed by atoms with Crippen molar-refractivity contribution < 1.29 is 27.5 Å². The molecule has 0 aromatic heterocycles. The number of benzene rings is 2. The number of rotatable bonds is 8. The minimum Gasteiger partial charge on any atom is -0.370 e. The van der Waals surface area contributed by atoms with Gasteiger partial charge >= 0.3 is 6.18 Å². The zero-order chi connectivity index (χ0) is 25.5. The average Bonchev–Trinajstić information content (AvgIpc) is 3.29. The van der Waals surface area contributed by atoms with Crippen LogP contribution in [0.1, 0.15) is 53.6 Å². The molecule has 1 saturated carbocycles. The Morgan fingerprint density at radius 3 is 2.44 bits per heavy atom. The maximum atomic E-state index is 12.9. The van der Waals surface area contributed by atoms with Gasteiger partial charge in [0.1, 0.15) is 0 Å². The van der Waals surface area contributed by atoms with Crippen LogP contribution in [0.25, 0.3) is 0 Å². The first kappa shape index (κ1) is 26.2. The first-order valence-corrected chi connectivity index (χ1v) is 12.4. The Hall–Kier alpha value is -2.91. The number of carbonyl (C=O) groups is 2. The van der Waals surface area contributed by atoms with E-state index < -0.39 is 23.6 Å². The van der Waals surface area contributed by atoms with Crippen LogP contribution in [-0.2, 0) is 22.3 Å². The van der Waals surface area contributed by atoms with Gasteiger partial charge in [0.2, 0.25) is 5.91 Å². The second-order valence-corrected chi connectivity index (χ2v) is 9.52. The van der Waals surface area contributed by atoms with Gasteiger partial charge in [0.15, 0.2) is 0 Å². The normalized spacial score (nSPS) is 21.3. The third kappa shape index (κ3) is 7.07. The Bertz CT molecular complexity index is 1030. The highest BCUT2D eigenvalue weighted by atomic mass is 19.4. The van der Waals surface area contributed by atoms with Gasteiger partial charge in [-0.3, -0.25) is 14.5 Å². The number of alkyl halides is 3. The highest BCUT2D eigenvalue weighted by Gasteiger charge is 2.38. The molecular weight excluding hydrogens is 471 g/mol. The van der Waals surface area contributed by atoms with Crippen molar-refractivity contribution >= 4 is 11.8 Å². The van der Waals surface area contributed by atoms with Crippen molar-refractivity contribution in [3.8, 4) is 0 Å². The van der Waals surface area contributed by atoms with E-state index >= 15 is 0 Å². The third-order valence-corrected chi connectivity index (χ3v) is 6.90. The lowest BCUT2D eigenvalue weighted by atomic mass is 9.94. The molecule has 2 N–H and O–H groups in total. The molecule has 1 heterocycles. The fourth-order valence-corrected chi connectivity index (χ4v) is 4.99. The van der Waals surface area contributed by atoms with E-state index in [2.05, 4.69) is 15.5 Å². The van der Waals surface area contributed by atoms with E-state index in [0.29, 0.717) is 19.2 Å². The molecule has 2 aromatic carbocycles. The van der Waals surface area contributed by atoms with Crippen LogP contribution in [0.3, 0.4) is 0 Å². The number of hydrogen-bond donors (Lipinski definition) is 2. The smallest absolute Gasteiger partial charge is 0.370 e. The quantitative estimate of drug-likeness (QED) is 0.568. The number of nitrogens with zero attached hydrogens (tertiary/aromatic N) is 1. The molecule has 2 amide bonds. The van der Waals surface area contributed by atoms with Gasteiger partial charge in [-0.1, -0.05) is 55.7 Å². The average molecular weight is 504 g/mol. The number of hydrogen-bond acceptors (Lipinski definition) is 4. The maximum Gasteiger partial charge on any atom is 0.416 e. The van der Waals surface area contributed by atoms with Crippen molar-refractivity contribution in [2.45, 2.75) is 63.1 Å². The van der Waals surface area contributed by atoms with Crippen LogP contribution in [0.4, 0.5) is 13.2 Å². The van der Waals surface area contributed by atoms with Gasteiger partial charge in [-0.15, -0.1) is 0 Å². The summed E-state index contributed by atoms with van der Waals surface area (Å²) in [6.45, 7) is 1.49. The molecule has 2 aliphatic rings. The number of carbonyl (C=O) groups excluding carboxylic acids is 2. The molecule has 0 spiro atoms. The fraction of sp³-hybridized carbons (Fsp3) is 0.481. The van der Waals surface area contributed by atoms with E-state index in [1.807, 2.05) is 30.3 Å². The van der Waals surface area contributed by atoms with Gasteiger partial charge in [0, 0.05) is 24.7 Å². The van der Waals surface area contributed by atoms with Crippen molar-refractivity contribution in [2.75, 3.05) is 19.6 Å². The maximum absolute atomic E-state index is 12.9. The second-order valence-electron chi connectivity index (χ2n) is 9.52. The fourth-order valence-electron chi connectivity index (χ4n) is 4.99. The summed E-state index contributed by atoms with van der Waals surface area (Å²) in [5.41, 5.74) is -0.00940. The van der Waals surface area contributed by atoms with E-state index in [4.69, 9.17) is 4.74 Å². The minimum atomic E-state index is -4.55. The molecule has 6 nitrogen and oxygen atoms in total. The number of amides is 2. The molecule has 194 valence electrons. The number of halogens is 3. The number of nitrogens with one attached hydrogen (secondary N) is 2. The van der Waals surface area contributed by atoms with Gasteiger partial charge in [-0.05, 0) is 36.6 Å². The Morgan fingerprint density at radius 1 is 0.972 bits per heavy atom. The molecule has 0 radical (unpaired) electrons. The van der Waals surface area contributed by atoms with Crippen molar-refractivity contribution in [3.05, 3.63) is 71.3 Å². The number of likely N-dealkylation sites (tertiary alicyclic amines) is 1. The molecule has 36 heavy (non-hydrogen) atoms. The Labute approximate surface area is 209 Å². The lowest BCUT2D eigenvalue weighted by molar-refractivity contribution is -0.137. The molecule has 2 aromatic rings. The molecular formula is C27H32F3N3O3. The molecule has 2 fully saturated rings. The summed E-state index contributed by atoms with van der Waals surface area (Å²) in [5, 5.41) is 5.40. The van der Waals surface area contributed by atoms with E-state index in [0.717, 1.165) is 37.1 Å². The molecule has 0 bridgehead atoms. The van der Waals surface area contributed by atoms with E-state index in [-0.39, 0.29) is 24.3 Å². The van der Waals surface area contributed by atoms with Crippen molar-refractivity contribution in [2.24, 2.45) is 0 Å². The summed E-state index contributed by atoms with van der Waals surface area (Å²) in [6, 6.07) is 14.2. The summed E-state index contributed by atoms with van der Waals surface area (Å²) in [5.74, 6) is -1.14. The van der Waals surface area contributed by atoms with Gasteiger partial charge in [-0.2, -0.15) is 13.2 Å². The Kier molecular flexibility index (Phi) is 8.64. The third-order valence-electron chi connectivity index (χ3n) is 6.90. The lowest BCUT2D eigenvalue weighted by Crippen LogP contribution is -2.47. The van der Waals surface area contributed by atoms with Crippen LogP contribution in [0.2, 0.25) is 0 Å². The highest BCUT2D eigenvalue weighted by molar-refractivity contribution is 5.96. The van der Waals surface area contributed by atoms with Crippen molar-refractivity contribution in [1.82, 2.24) is 15.5 Å². The molecule has 2 atom stereocenters. The van der Waals surface area contributed by atoms with Crippen LogP contribution in [0, 0.1) is 0 Å². The summed E-state index contributed by atoms with van der Waals surface area (Å²) in [4.78, 5) is 27.4. The molecule has 9 heteroatoms. The van der Waals surface area contributed by atoms with E-state index in [9.17, 15) is 22.8 Å². The first-order chi connectivity index (χ1) is 17.3. The molecule has 1 aliphatic carbocycles. The lowest BCUT2D eigenvalue weighted by Gasteiger charge is -2.30. The van der Waals surface area contributed by atoms with E-state index in [1.54, 1.807) is 0 Å². The monoisotopic (exact) mass is 503 g/mol. The van der Waals surface area contributed by atoms with Crippen LogP contribution >= 0.6 is 0 Å². The standard InChI is InChI=1S/C27H32F3N3O3/c28-27(29,30)21-11-7-10-20(14-21)26(35)31-15-25(34)32-23-16-33(22-12-5-2-6-13-22)17-24(23)36-18-19-8-3-1-4-9-19/h1,3-4,7-11,14,22-24H,2,5-6,12-13,15-18H2,(H,31,35)(H,32,34)/t23-,24?/m0/s1. The zero-order valence-corrected chi connectivity index (χ0v) is 20.1. The van der Waals surface area contributed by atoms with E-state index in [1.165, 1.54) is 31.4 Å². The summed E-state index contributed by atoms with van der Waals surface area (Å²) in [7, 11) is 0. The Morgan fingerprint density at radius 2 is 1.72 bits per heavy atom. The van der Waals surface area contributed by atoms with Crippen LogP contribution in [0.15, 0.2) is 54.6 Å². The zero-order valence-electron chi connectivity index (χ0n) is 20.1.